The van der Waals surface area contributed by atoms with E-state index in [0.29, 0.717) is 22.7 Å². The number of ether oxygens (including phenoxy) is 1. The van der Waals surface area contributed by atoms with E-state index < -0.39 is 0 Å². The number of pyridine rings is 1. The van der Waals surface area contributed by atoms with E-state index in [9.17, 15) is 0 Å². The van der Waals surface area contributed by atoms with Crippen molar-refractivity contribution in [1.82, 2.24) is 4.98 Å². The van der Waals surface area contributed by atoms with Crippen molar-refractivity contribution < 1.29 is 4.74 Å². The Kier molecular flexibility index (Phi) is 3.91. The number of anilines is 1. The van der Waals surface area contributed by atoms with Crippen LogP contribution in [0, 0.1) is 5.92 Å². The van der Waals surface area contributed by atoms with Crippen LogP contribution in [0.5, 0.6) is 0 Å². The second kappa shape index (κ2) is 5.42. The van der Waals surface area contributed by atoms with E-state index in [-0.39, 0.29) is 0 Å². The molecule has 2 rings (SSSR count). The van der Waals surface area contributed by atoms with Crippen LogP contribution in [0.25, 0.3) is 0 Å². The summed E-state index contributed by atoms with van der Waals surface area (Å²) in [7, 11) is 0. The van der Waals surface area contributed by atoms with E-state index in [1.165, 1.54) is 0 Å². The minimum Gasteiger partial charge on any atom is -0.388 e. The van der Waals surface area contributed by atoms with Crippen LogP contribution in [-0.4, -0.2) is 29.2 Å². The van der Waals surface area contributed by atoms with E-state index in [4.69, 9.17) is 22.7 Å². The van der Waals surface area contributed by atoms with Gasteiger partial charge in [-0.25, -0.2) is 0 Å². The quantitative estimate of drug-likeness (QED) is 0.795. The second-order valence-corrected chi connectivity index (χ2v) is 4.74. The van der Waals surface area contributed by atoms with Gasteiger partial charge >= 0.3 is 0 Å². The van der Waals surface area contributed by atoms with Gasteiger partial charge in [0.25, 0.3) is 0 Å². The highest BCUT2D eigenvalue weighted by Crippen LogP contribution is 2.21. The molecule has 5 heteroatoms. The average Bonchev–Trinajstić information content (AvgIpc) is 2.72. The summed E-state index contributed by atoms with van der Waals surface area (Å²) in [5.41, 5.74) is 7.20. The maximum absolute atomic E-state index is 5.54. The number of nitrogens with zero attached hydrogens (tertiary/aromatic N) is 1. The predicted molar refractivity (Wildman–Crippen MR) is 72.1 cm³/mol. The lowest BCUT2D eigenvalue weighted by atomic mass is 10.0. The molecule has 2 heterocycles. The minimum absolute atomic E-state index is 0.325. The van der Waals surface area contributed by atoms with E-state index in [1.807, 2.05) is 12.1 Å². The van der Waals surface area contributed by atoms with E-state index >= 15 is 0 Å². The average molecular weight is 251 g/mol. The summed E-state index contributed by atoms with van der Waals surface area (Å²) >= 11 is 4.90. The van der Waals surface area contributed by atoms with Gasteiger partial charge in [-0.3, -0.25) is 4.98 Å². The summed E-state index contributed by atoms with van der Waals surface area (Å²) in [5, 5.41) is 3.38. The fourth-order valence-electron chi connectivity index (χ4n) is 1.97. The fourth-order valence-corrected chi connectivity index (χ4v) is 2.08. The molecule has 1 aromatic heterocycles. The van der Waals surface area contributed by atoms with Crippen molar-refractivity contribution in [3.8, 4) is 0 Å². The molecule has 1 aliphatic heterocycles. The van der Waals surface area contributed by atoms with Crippen molar-refractivity contribution in [3.05, 3.63) is 24.0 Å². The Morgan fingerprint density at radius 1 is 1.71 bits per heavy atom. The summed E-state index contributed by atoms with van der Waals surface area (Å²) in [6.45, 7) is 3.89. The Bertz CT molecular complexity index is 410. The monoisotopic (exact) mass is 251 g/mol. The zero-order valence-corrected chi connectivity index (χ0v) is 10.7. The molecule has 0 aromatic carbocycles. The van der Waals surface area contributed by atoms with Gasteiger partial charge in [0.1, 0.15) is 4.99 Å². The van der Waals surface area contributed by atoms with Gasteiger partial charge in [0.05, 0.1) is 11.8 Å². The van der Waals surface area contributed by atoms with E-state index in [0.717, 1.165) is 25.3 Å². The van der Waals surface area contributed by atoms with Crippen LogP contribution < -0.4 is 11.1 Å². The molecule has 1 aliphatic rings. The third-order valence-electron chi connectivity index (χ3n) is 3.11. The van der Waals surface area contributed by atoms with Gasteiger partial charge in [-0.2, -0.15) is 0 Å². The normalized spacial score (nSPS) is 23.6. The lowest BCUT2D eigenvalue weighted by Crippen LogP contribution is -2.21. The second-order valence-electron chi connectivity index (χ2n) is 4.30. The van der Waals surface area contributed by atoms with Gasteiger partial charge in [0.15, 0.2) is 0 Å². The Labute approximate surface area is 107 Å². The first-order valence-electron chi connectivity index (χ1n) is 5.78. The largest absolute Gasteiger partial charge is 0.388 e. The highest BCUT2D eigenvalue weighted by atomic mass is 32.1. The zero-order valence-electron chi connectivity index (χ0n) is 9.85. The first kappa shape index (κ1) is 12.3. The molecule has 1 aromatic rings. The van der Waals surface area contributed by atoms with Gasteiger partial charge < -0.3 is 15.8 Å². The van der Waals surface area contributed by atoms with Crippen LogP contribution >= 0.6 is 12.2 Å². The van der Waals surface area contributed by atoms with Crippen LogP contribution in [0.3, 0.4) is 0 Å². The molecule has 0 spiro atoms. The molecule has 92 valence electrons. The van der Waals surface area contributed by atoms with E-state index in [2.05, 4.69) is 17.2 Å². The molecule has 3 N–H and O–H groups in total. The lowest BCUT2D eigenvalue weighted by Gasteiger charge is -2.15. The van der Waals surface area contributed by atoms with Crippen molar-refractivity contribution in [2.75, 3.05) is 18.5 Å². The van der Waals surface area contributed by atoms with Crippen LogP contribution in [-0.2, 0) is 4.74 Å². The molecule has 0 amide bonds. The van der Waals surface area contributed by atoms with Crippen molar-refractivity contribution in [1.29, 1.82) is 0 Å². The Balaban J connectivity index is 1.94. The molecule has 0 aliphatic carbocycles. The summed E-state index contributed by atoms with van der Waals surface area (Å²) in [5.74, 6) is 0.566. The lowest BCUT2D eigenvalue weighted by molar-refractivity contribution is 0.108. The number of thiocarbonyl (C=S) groups is 1. The number of nitrogens with two attached hydrogens (primary N) is 1. The summed E-state index contributed by atoms with van der Waals surface area (Å²) < 4.78 is 5.52. The van der Waals surface area contributed by atoms with Gasteiger partial charge in [-0.05, 0) is 25.5 Å². The SMILES string of the molecule is CC1OCCC1CNc1ccnc(C(N)=S)c1. The Morgan fingerprint density at radius 2 is 2.53 bits per heavy atom. The molecule has 1 saturated heterocycles. The first-order chi connectivity index (χ1) is 8.16. The molecular formula is C12H17N3OS. The van der Waals surface area contributed by atoms with Gasteiger partial charge in [-0.15, -0.1) is 0 Å². The molecule has 1 fully saturated rings. The molecule has 4 nitrogen and oxygen atoms in total. The molecule has 17 heavy (non-hydrogen) atoms. The zero-order chi connectivity index (χ0) is 12.3. The van der Waals surface area contributed by atoms with Crippen molar-refractivity contribution >= 4 is 22.9 Å². The minimum atomic E-state index is 0.325. The number of hydrogen-bond acceptors (Lipinski definition) is 4. The standard InChI is InChI=1S/C12H17N3OS/c1-8-9(3-5-16-8)7-15-10-2-4-14-11(6-10)12(13)17/h2,4,6,8-9H,3,5,7H2,1H3,(H2,13,17)(H,14,15). The smallest absolute Gasteiger partial charge is 0.122 e. The predicted octanol–water partition coefficient (Wildman–Crippen LogP) is 1.55. The van der Waals surface area contributed by atoms with Crippen molar-refractivity contribution in [2.45, 2.75) is 19.4 Å². The first-order valence-corrected chi connectivity index (χ1v) is 6.19. The van der Waals surface area contributed by atoms with Crippen LogP contribution in [0.15, 0.2) is 18.3 Å². The van der Waals surface area contributed by atoms with Crippen LogP contribution in [0.4, 0.5) is 5.69 Å². The highest BCUT2D eigenvalue weighted by Gasteiger charge is 2.23. The topological polar surface area (TPSA) is 60.2 Å². The number of aromatic nitrogens is 1. The van der Waals surface area contributed by atoms with Gasteiger partial charge in [0.2, 0.25) is 0 Å². The number of rotatable bonds is 4. The van der Waals surface area contributed by atoms with E-state index in [1.54, 1.807) is 6.20 Å². The molecule has 0 saturated carbocycles. The molecule has 0 bridgehead atoms. The van der Waals surface area contributed by atoms with Gasteiger partial charge in [-0.1, -0.05) is 12.2 Å². The maximum Gasteiger partial charge on any atom is 0.122 e. The number of nitrogens with one attached hydrogen (secondary N) is 1. The van der Waals surface area contributed by atoms with Crippen LogP contribution in [0.2, 0.25) is 0 Å². The molecule has 2 unspecified atom stereocenters. The molecule has 0 radical (unpaired) electrons. The Morgan fingerprint density at radius 3 is 3.18 bits per heavy atom. The summed E-state index contributed by atoms with van der Waals surface area (Å²) in [4.78, 5) is 4.43. The Hall–Kier alpha value is -1.20. The highest BCUT2D eigenvalue weighted by molar-refractivity contribution is 7.80. The molecule has 2 atom stereocenters. The third kappa shape index (κ3) is 3.14. The summed E-state index contributed by atoms with van der Waals surface area (Å²) in [6, 6.07) is 3.80. The fraction of sp³-hybridized carbons (Fsp3) is 0.500. The van der Waals surface area contributed by atoms with Gasteiger partial charge in [0, 0.05) is 31.0 Å². The number of hydrogen-bond donors (Lipinski definition) is 2. The molecular weight excluding hydrogens is 234 g/mol. The third-order valence-corrected chi connectivity index (χ3v) is 3.32. The van der Waals surface area contributed by atoms with Crippen LogP contribution in [0.1, 0.15) is 19.0 Å². The van der Waals surface area contributed by atoms with Crippen molar-refractivity contribution in [3.63, 3.8) is 0 Å². The van der Waals surface area contributed by atoms with Crippen molar-refractivity contribution in [2.24, 2.45) is 11.7 Å². The summed E-state index contributed by atoms with van der Waals surface area (Å²) in [6.07, 6.45) is 3.16. The maximum atomic E-state index is 5.54.